The Bertz CT molecular complexity index is 1060. The Morgan fingerprint density at radius 3 is 2.39 bits per heavy atom. The summed E-state index contributed by atoms with van der Waals surface area (Å²) in [5.74, 6) is -0.116. The second kappa shape index (κ2) is 10.2. The summed E-state index contributed by atoms with van der Waals surface area (Å²) in [4.78, 5) is 19.2. The van der Waals surface area contributed by atoms with Crippen LogP contribution in [0.3, 0.4) is 0 Å². The molecule has 33 heavy (non-hydrogen) atoms. The number of aromatic nitrogens is 1. The van der Waals surface area contributed by atoms with Crippen LogP contribution in [0, 0.1) is 5.92 Å². The molecule has 172 valence electrons. The first-order valence-electron chi connectivity index (χ1n) is 11.0. The highest BCUT2D eigenvalue weighted by Crippen LogP contribution is 2.29. The Balaban J connectivity index is 1.28. The van der Waals surface area contributed by atoms with Gasteiger partial charge in [-0.05, 0) is 60.8 Å². The molecule has 0 radical (unpaired) electrons. The van der Waals surface area contributed by atoms with Crippen molar-refractivity contribution in [2.75, 3.05) is 13.1 Å². The van der Waals surface area contributed by atoms with Gasteiger partial charge in [-0.3, -0.25) is 14.7 Å². The van der Waals surface area contributed by atoms with Crippen molar-refractivity contribution < 1.29 is 18.0 Å². The van der Waals surface area contributed by atoms with Crippen molar-refractivity contribution in [3.63, 3.8) is 0 Å². The fourth-order valence-corrected chi connectivity index (χ4v) is 4.20. The first-order chi connectivity index (χ1) is 15.9. The second-order valence-electron chi connectivity index (χ2n) is 8.36. The molecule has 0 spiro atoms. The van der Waals surface area contributed by atoms with Crippen molar-refractivity contribution >= 4 is 5.91 Å². The van der Waals surface area contributed by atoms with Crippen molar-refractivity contribution in [3.8, 4) is 11.1 Å². The molecule has 0 unspecified atom stereocenters. The van der Waals surface area contributed by atoms with Crippen molar-refractivity contribution in [2.24, 2.45) is 5.92 Å². The molecule has 3 aromatic rings. The Morgan fingerprint density at radius 2 is 1.73 bits per heavy atom. The number of hydrogen-bond acceptors (Lipinski definition) is 3. The van der Waals surface area contributed by atoms with Gasteiger partial charge in [0.15, 0.2) is 0 Å². The molecule has 2 heterocycles. The lowest BCUT2D eigenvalue weighted by Gasteiger charge is -2.31. The third kappa shape index (κ3) is 5.99. The van der Waals surface area contributed by atoms with Gasteiger partial charge in [0.05, 0.1) is 5.56 Å². The summed E-state index contributed by atoms with van der Waals surface area (Å²) in [5.41, 5.74) is 3.46. The Kier molecular flexibility index (Phi) is 7.08. The molecule has 0 atom stereocenters. The lowest BCUT2D eigenvalue weighted by molar-refractivity contribution is -0.137. The van der Waals surface area contributed by atoms with Gasteiger partial charge in [0.25, 0.3) is 0 Å². The molecule has 4 rings (SSSR count). The Morgan fingerprint density at radius 1 is 1.00 bits per heavy atom. The number of amides is 1. The maximum Gasteiger partial charge on any atom is 0.416 e. The van der Waals surface area contributed by atoms with E-state index in [-0.39, 0.29) is 18.4 Å². The van der Waals surface area contributed by atoms with Gasteiger partial charge in [0.2, 0.25) is 5.91 Å². The fourth-order valence-electron chi connectivity index (χ4n) is 4.20. The number of nitrogens with one attached hydrogen (secondary N) is 1. The minimum Gasteiger partial charge on any atom is -0.352 e. The number of carbonyl (C=O) groups is 1. The van der Waals surface area contributed by atoms with E-state index in [4.69, 9.17) is 0 Å². The minimum absolute atomic E-state index is 0.0368. The summed E-state index contributed by atoms with van der Waals surface area (Å²) < 4.78 is 38.0. The van der Waals surface area contributed by atoms with Crippen LogP contribution in [-0.2, 0) is 24.1 Å². The number of benzene rings is 2. The average molecular weight is 454 g/mol. The Hall–Kier alpha value is -3.19. The number of nitrogens with zero attached hydrogens (tertiary/aromatic N) is 2. The minimum atomic E-state index is -4.35. The lowest BCUT2D eigenvalue weighted by Crippen LogP contribution is -2.40. The Labute approximate surface area is 191 Å². The van der Waals surface area contributed by atoms with E-state index in [9.17, 15) is 18.0 Å². The van der Waals surface area contributed by atoms with Crippen LogP contribution in [0.15, 0.2) is 73.1 Å². The second-order valence-corrected chi connectivity index (χ2v) is 8.36. The number of halogens is 3. The monoisotopic (exact) mass is 453 g/mol. The first-order valence-corrected chi connectivity index (χ1v) is 11.0. The van der Waals surface area contributed by atoms with Crippen LogP contribution in [0.25, 0.3) is 11.1 Å². The zero-order chi connectivity index (χ0) is 23.3. The molecular weight excluding hydrogens is 427 g/mol. The van der Waals surface area contributed by atoms with Crippen LogP contribution < -0.4 is 5.32 Å². The highest BCUT2D eigenvalue weighted by Gasteiger charge is 2.30. The zero-order valence-corrected chi connectivity index (χ0v) is 18.2. The van der Waals surface area contributed by atoms with E-state index >= 15 is 0 Å². The van der Waals surface area contributed by atoms with Gasteiger partial charge >= 0.3 is 6.18 Å². The third-order valence-corrected chi connectivity index (χ3v) is 6.09. The summed E-state index contributed by atoms with van der Waals surface area (Å²) in [5, 5.41) is 2.88. The predicted molar refractivity (Wildman–Crippen MR) is 121 cm³/mol. The molecule has 1 fully saturated rings. The van der Waals surface area contributed by atoms with Gasteiger partial charge in [0.1, 0.15) is 0 Å². The van der Waals surface area contributed by atoms with E-state index in [1.54, 1.807) is 6.20 Å². The molecule has 1 aliphatic rings. The largest absolute Gasteiger partial charge is 0.416 e. The van der Waals surface area contributed by atoms with E-state index in [1.165, 1.54) is 23.3 Å². The van der Waals surface area contributed by atoms with Crippen LogP contribution in [0.1, 0.15) is 29.5 Å². The average Bonchev–Trinajstić information content (AvgIpc) is 2.83. The number of alkyl halides is 3. The van der Waals surface area contributed by atoms with Crippen molar-refractivity contribution in [1.29, 1.82) is 0 Å². The van der Waals surface area contributed by atoms with E-state index in [2.05, 4.69) is 33.4 Å². The summed E-state index contributed by atoms with van der Waals surface area (Å²) in [6, 6.07) is 17.2. The molecular formula is C26H26F3N3O. The topological polar surface area (TPSA) is 45.2 Å². The molecule has 1 aliphatic heterocycles. The molecule has 1 N–H and O–H groups in total. The molecule has 1 amide bonds. The van der Waals surface area contributed by atoms with Gasteiger partial charge in [0, 0.05) is 37.0 Å². The number of pyridine rings is 1. The molecule has 2 aromatic carbocycles. The highest BCUT2D eigenvalue weighted by molar-refractivity contribution is 5.78. The molecule has 1 aromatic heterocycles. The normalized spacial score (nSPS) is 15.4. The maximum atomic E-state index is 12.7. The van der Waals surface area contributed by atoms with Crippen molar-refractivity contribution in [1.82, 2.24) is 15.2 Å². The summed E-state index contributed by atoms with van der Waals surface area (Å²) in [7, 11) is 0. The SMILES string of the molecule is O=C(NCc1ccc(C(F)(F)F)cc1)C1CCN(Cc2ccccc2-c2cccnc2)CC1. The van der Waals surface area contributed by atoms with E-state index < -0.39 is 11.7 Å². The summed E-state index contributed by atoms with van der Waals surface area (Å²) in [6.07, 6.45) is 0.793. The predicted octanol–water partition coefficient (Wildman–Crippen LogP) is 5.30. The lowest BCUT2D eigenvalue weighted by atomic mass is 9.94. The highest BCUT2D eigenvalue weighted by atomic mass is 19.4. The van der Waals surface area contributed by atoms with E-state index in [0.717, 1.165) is 50.2 Å². The number of likely N-dealkylation sites (tertiary alicyclic amines) is 1. The number of hydrogen-bond donors (Lipinski definition) is 1. The summed E-state index contributed by atoms with van der Waals surface area (Å²) in [6.45, 7) is 2.68. The standard InChI is InChI=1S/C26H26F3N3O/c27-26(28,29)23-9-7-19(8-10-23)16-31-25(33)20-11-14-32(15-12-20)18-22-4-1-2-6-24(22)21-5-3-13-30-17-21/h1-10,13,17,20H,11-12,14-16,18H2,(H,31,33). The molecule has 0 saturated carbocycles. The quantitative estimate of drug-likeness (QED) is 0.551. The molecule has 7 heteroatoms. The maximum absolute atomic E-state index is 12.7. The smallest absolute Gasteiger partial charge is 0.352 e. The van der Waals surface area contributed by atoms with Crippen molar-refractivity contribution in [3.05, 3.63) is 89.7 Å². The summed E-state index contributed by atoms with van der Waals surface area (Å²) >= 11 is 0. The van der Waals surface area contributed by atoms with Crippen LogP contribution in [0.5, 0.6) is 0 Å². The fraction of sp³-hybridized carbons (Fsp3) is 0.308. The number of piperidine rings is 1. The third-order valence-electron chi connectivity index (χ3n) is 6.09. The van der Waals surface area contributed by atoms with Gasteiger partial charge in [-0.25, -0.2) is 0 Å². The van der Waals surface area contributed by atoms with Crippen LogP contribution >= 0.6 is 0 Å². The van der Waals surface area contributed by atoms with Crippen LogP contribution in [0.2, 0.25) is 0 Å². The van der Waals surface area contributed by atoms with E-state index in [0.29, 0.717) is 5.56 Å². The van der Waals surface area contributed by atoms with Gasteiger partial charge < -0.3 is 5.32 Å². The number of carbonyl (C=O) groups excluding carboxylic acids is 1. The molecule has 4 nitrogen and oxygen atoms in total. The molecule has 1 saturated heterocycles. The molecule has 0 aliphatic carbocycles. The first kappa shape index (κ1) is 23.0. The van der Waals surface area contributed by atoms with Crippen LogP contribution in [0.4, 0.5) is 13.2 Å². The van der Waals surface area contributed by atoms with Crippen molar-refractivity contribution in [2.45, 2.75) is 32.1 Å². The van der Waals surface area contributed by atoms with Gasteiger partial charge in [-0.1, -0.05) is 42.5 Å². The zero-order valence-electron chi connectivity index (χ0n) is 18.2. The van der Waals surface area contributed by atoms with Gasteiger partial charge in [-0.2, -0.15) is 13.2 Å². The molecule has 0 bridgehead atoms. The van der Waals surface area contributed by atoms with Gasteiger partial charge in [-0.15, -0.1) is 0 Å². The van der Waals surface area contributed by atoms with E-state index in [1.807, 2.05) is 24.4 Å². The number of rotatable bonds is 6. The van der Waals surface area contributed by atoms with Crippen LogP contribution in [-0.4, -0.2) is 28.9 Å².